The van der Waals surface area contributed by atoms with Crippen molar-refractivity contribution in [3.63, 3.8) is 0 Å². The lowest BCUT2D eigenvalue weighted by Crippen LogP contribution is -2.31. The summed E-state index contributed by atoms with van der Waals surface area (Å²) in [5.74, 6) is -1.41. The fourth-order valence-electron chi connectivity index (χ4n) is 2.32. The van der Waals surface area contributed by atoms with Crippen molar-refractivity contribution >= 4 is 51.4 Å². The number of ketones is 1. The summed E-state index contributed by atoms with van der Waals surface area (Å²) in [6, 6.07) is 16.1. The second-order valence-electron chi connectivity index (χ2n) is 5.43. The van der Waals surface area contributed by atoms with Gasteiger partial charge < -0.3 is 10.1 Å². The van der Waals surface area contributed by atoms with Crippen LogP contribution in [-0.2, 0) is 9.53 Å². The first-order valence-corrected chi connectivity index (χ1v) is 8.93. The van der Waals surface area contributed by atoms with Crippen molar-refractivity contribution in [2.45, 2.75) is 0 Å². The standard InChI is InChI=1S/C19H14ClNO4S/c20-17-8-7-16(26-17)15(22)11-25-18(23)10-21-19(24)14-6-5-12-3-1-2-4-13(12)9-14/h1-9H,10-11H2,(H,21,24). The third-order valence-electron chi connectivity index (χ3n) is 3.62. The highest BCUT2D eigenvalue weighted by molar-refractivity contribution is 7.18. The van der Waals surface area contributed by atoms with E-state index in [1.165, 1.54) is 0 Å². The number of carbonyl (C=O) groups excluding carboxylic acids is 3. The summed E-state index contributed by atoms with van der Waals surface area (Å²) in [5.41, 5.74) is 0.445. The fourth-order valence-corrected chi connectivity index (χ4v) is 3.28. The molecule has 0 aliphatic heterocycles. The van der Waals surface area contributed by atoms with E-state index in [1.54, 1.807) is 24.3 Å². The third kappa shape index (κ3) is 4.47. The number of ether oxygens (including phenoxy) is 1. The number of fused-ring (bicyclic) bond motifs is 1. The van der Waals surface area contributed by atoms with Gasteiger partial charge in [-0.25, -0.2) is 0 Å². The van der Waals surface area contributed by atoms with Crippen LogP contribution in [0, 0.1) is 0 Å². The second kappa shape index (κ2) is 8.12. The lowest BCUT2D eigenvalue weighted by molar-refractivity contribution is -0.141. The van der Waals surface area contributed by atoms with Crippen molar-refractivity contribution in [3.8, 4) is 0 Å². The number of halogens is 1. The van der Waals surface area contributed by atoms with E-state index >= 15 is 0 Å². The molecular weight excluding hydrogens is 374 g/mol. The predicted octanol–water partition coefficient (Wildman–Crippen LogP) is 3.71. The molecule has 0 aliphatic carbocycles. The van der Waals surface area contributed by atoms with Crippen molar-refractivity contribution in [1.82, 2.24) is 5.32 Å². The maximum atomic E-state index is 12.2. The Hall–Kier alpha value is -2.70. The van der Waals surface area contributed by atoms with Crippen molar-refractivity contribution in [2.24, 2.45) is 0 Å². The maximum Gasteiger partial charge on any atom is 0.325 e. The van der Waals surface area contributed by atoms with Crippen molar-refractivity contribution in [2.75, 3.05) is 13.2 Å². The van der Waals surface area contributed by atoms with E-state index in [0.29, 0.717) is 14.8 Å². The van der Waals surface area contributed by atoms with Crippen LogP contribution in [0.3, 0.4) is 0 Å². The minimum atomic E-state index is -0.685. The van der Waals surface area contributed by atoms with Crippen molar-refractivity contribution in [3.05, 3.63) is 69.4 Å². The molecule has 5 nitrogen and oxygen atoms in total. The number of hydrogen-bond acceptors (Lipinski definition) is 5. The normalized spacial score (nSPS) is 10.5. The zero-order chi connectivity index (χ0) is 18.5. The van der Waals surface area contributed by atoms with Crippen LogP contribution in [0.15, 0.2) is 54.6 Å². The third-order valence-corrected chi connectivity index (χ3v) is 4.89. The quantitative estimate of drug-likeness (QED) is 0.517. The number of nitrogens with one attached hydrogen (secondary N) is 1. The lowest BCUT2D eigenvalue weighted by atomic mass is 10.1. The minimum Gasteiger partial charge on any atom is -0.456 e. The highest BCUT2D eigenvalue weighted by Crippen LogP contribution is 2.21. The van der Waals surface area contributed by atoms with E-state index < -0.39 is 5.97 Å². The van der Waals surface area contributed by atoms with Crippen LogP contribution < -0.4 is 5.32 Å². The van der Waals surface area contributed by atoms with Crippen LogP contribution in [0.1, 0.15) is 20.0 Å². The molecule has 2 aromatic carbocycles. The van der Waals surface area contributed by atoms with E-state index in [2.05, 4.69) is 5.32 Å². The molecule has 26 heavy (non-hydrogen) atoms. The van der Waals surface area contributed by atoms with Gasteiger partial charge in [-0.3, -0.25) is 14.4 Å². The first-order chi connectivity index (χ1) is 12.5. The Bertz CT molecular complexity index is 982. The zero-order valence-corrected chi connectivity index (χ0v) is 15.1. The number of amides is 1. The van der Waals surface area contributed by atoms with Gasteiger partial charge in [0, 0.05) is 5.56 Å². The van der Waals surface area contributed by atoms with E-state index in [0.717, 1.165) is 22.1 Å². The Kier molecular flexibility index (Phi) is 5.65. The monoisotopic (exact) mass is 387 g/mol. The van der Waals surface area contributed by atoms with Crippen LogP contribution in [0.4, 0.5) is 0 Å². The minimum absolute atomic E-state index is 0.315. The first-order valence-electron chi connectivity index (χ1n) is 7.74. The summed E-state index contributed by atoms with van der Waals surface area (Å²) in [6.07, 6.45) is 0. The van der Waals surface area contributed by atoms with Gasteiger partial charge in [-0.2, -0.15) is 0 Å². The average Bonchev–Trinajstić information content (AvgIpc) is 3.10. The maximum absolute atomic E-state index is 12.2. The molecule has 3 aromatic rings. The van der Waals surface area contributed by atoms with Crippen LogP contribution in [-0.4, -0.2) is 30.8 Å². The largest absolute Gasteiger partial charge is 0.456 e. The van der Waals surface area contributed by atoms with Gasteiger partial charge >= 0.3 is 5.97 Å². The average molecular weight is 388 g/mol. The zero-order valence-electron chi connectivity index (χ0n) is 13.5. The molecule has 3 rings (SSSR count). The molecule has 1 N–H and O–H groups in total. The second-order valence-corrected chi connectivity index (χ2v) is 7.15. The molecule has 1 amide bonds. The SMILES string of the molecule is O=C(CNC(=O)c1ccc2ccccc2c1)OCC(=O)c1ccc(Cl)s1. The molecule has 0 saturated carbocycles. The molecular formula is C19H14ClNO4S. The summed E-state index contributed by atoms with van der Waals surface area (Å²) in [4.78, 5) is 36.1. The number of rotatable bonds is 6. The summed E-state index contributed by atoms with van der Waals surface area (Å²) < 4.78 is 5.37. The van der Waals surface area contributed by atoms with Gasteiger partial charge in [0.05, 0.1) is 9.21 Å². The molecule has 0 atom stereocenters. The molecule has 7 heteroatoms. The summed E-state index contributed by atoms with van der Waals surface area (Å²) in [5, 5.41) is 4.44. The van der Waals surface area contributed by atoms with Gasteiger partial charge in [-0.15, -0.1) is 11.3 Å². The predicted molar refractivity (Wildman–Crippen MR) is 101 cm³/mol. The smallest absolute Gasteiger partial charge is 0.325 e. The first kappa shape index (κ1) is 18.1. The van der Waals surface area contributed by atoms with Gasteiger partial charge in [0.25, 0.3) is 5.91 Å². The molecule has 1 heterocycles. The molecule has 0 bridgehead atoms. The van der Waals surface area contributed by atoms with Crippen LogP contribution in [0.25, 0.3) is 10.8 Å². The highest BCUT2D eigenvalue weighted by Gasteiger charge is 2.13. The molecule has 0 aliphatic rings. The molecule has 0 saturated heterocycles. The van der Waals surface area contributed by atoms with Gasteiger partial charge in [0.1, 0.15) is 6.54 Å². The van der Waals surface area contributed by atoms with Crippen molar-refractivity contribution < 1.29 is 19.1 Å². The van der Waals surface area contributed by atoms with Crippen molar-refractivity contribution in [1.29, 1.82) is 0 Å². The number of esters is 1. The van der Waals surface area contributed by atoms with E-state index in [-0.39, 0.29) is 24.8 Å². The summed E-state index contributed by atoms with van der Waals surface area (Å²) >= 11 is 6.88. The summed E-state index contributed by atoms with van der Waals surface area (Å²) in [6.45, 7) is -0.703. The number of thiophene rings is 1. The molecule has 1 aromatic heterocycles. The van der Waals surface area contributed by atoms with Gasteiger partial charge in [-0.1, -0.05) is 41.9 Å². The number of benzene rings is 2. The Labute approximate surface area is 158 Å². The number of Topliss-reactive ketones (excluding diaryl/α,β-unsaturated/α-hetero) is 1. The number of carbonyl (C=O) groups is 3. The Morgan fingerprint density at radius 2 is 1.77 bits per heavy atom. The molecule has 132 valence electrons. The number of hydrogen-bond donors (Lipinski definition) is 1. The summed E-state index contributed by atoms with van der Waals surface area (Å²) in [7, 11) is 0. The lowest BCUT2D eigenvalue weighted by Gasteiger charge is -2.07. The van der Waals surface area contributed by atoms with Crippen LogP contribution in [0.2, 0.25) is 4.34 Å². The molecule has 0 radical (unpaired) electrons. The van der Waals surface area contributed by atoms with E-state index in [1.807, 2.05) is 30.3 Å². The molecule has 0 unspecified atom stereocenters. The highest BCUT2D eigenvalue weighted by atomic mass is 35.5. The Morgan fingerprint density at radius 1 is 1.00 bits per heavy atom. The van der Waals surface area contributed by atoms with Gasteiger partial charge in [0.15, 0.2) is 6.61 Å². The topological polar surface area (TPSA) is 72.5 Å². The Morgan fingerprint density at radius 3 is 2.50 bits per heavy atom. The molecule has 0 fully saturated rings. The van der Waals surface area contributed by atoms with Crippen LogP contribution in [0.5, 0.6) is 0 Å². The van der Waals surface area contributed by atoms with E-state index in [4.69, 9.17) is 16.3 Å². The Balaban J connectivity index is 1.50. The van der Waals surface area contributed by atoms with Crippen LogP contribution >= 0.6 is 22.9 Å². The van der Waals surface area contributed by atoms with Gasteiger partial charge in [0.2, 0.25) is 5.78 Å². The molecule has 0 spiro atoms. The van der Waals surface area contributed by atoms with Gasteiger partial charge in [-0.05, 0) is 35.0 Å². The van der Waals surface area contributed by atoms with E-state index in [9.17, 15) is 14.4 Å². The fraction of sp³-hybridized carbons (Fsp3) is 0.105.